The summed E-state index contributed by atoms with van der Waals surface area (Å²) in [4.78, 5) is 12.9. The second kappa shape index (κ2) is 6.11. The molecule has 1 aliphatic rings. The number of hydrogen-bond donors (Lipinski definition) is 3. The van der Waals surface area contributed by atoms with E-state index in [1.807, 2.05) is 11.8 Å². The van der Waals surface area contributed by atoms with Crippen molar-refractivity contribution < 1.29 is 24.9 Å². The molecule has 0 bridgehead atoms. The van der Waals surface area contributed by atoms with Crippen molar-refractivity contribution in [2.24, 2.45) is 0 Å². The lowest BCUT2D eigenvalue weighted by molar-refractivity contribution is -0.140. The minimum atomic E-state index is -0.868. The zero-order valence-electron chi connectivity index (χ0n) is 11.3. The minimum absolute atomic E-state index is 0.00233. The van der Waals surface area contributed by atoms with Crippen LogP contribution in [0.15, 0.2) is 18.2 Å². The van der Waals surface area contributed by atoms with Gasteiger partial charge in [-0.2, -0.15) is 0 Å². The van der Waals surface area contributed by atoms with E-state index < -0.39 is 5.97 Å². The van der Waals surface area contributed by atoms with Crippen LogP contribution in [0.3, 0.4) is 0 Å². The second-order valence-electron chi connectivity index (χ2n) is 4.98. The van der Waals surface area contributed by atoms with Crippen molar-refractivity contribution in [3.05, 3.63) is 23.8 Å². The van der Waals surface area contributed by atoms with Crippen molar-refractivity contribution >= 4 is 5.97 Å². The number of phenolic OH excluding ortho intramolecular Hbond substituents is 2. The number of nitrogens with zero attached hydrogens (tertiary/aromatic N) is 1. The van der Waals surface area contributed by atoms with Gasteiger partial charge >= 0.3 is 5.97 Å². The van der Waals surface area contributed by atoms with Gasteiger partial charge in [0.15, 0.2) is 0 Å². The summed E-state index contributed by atoms with van der Waals surface area (Å²) in [6.07, 6.45) is 0.00316. The summed E-state index contributed by atoms with van der Waals surface area (Å²) in [6.45, 7) is 3.43. The number of carboxylic acids is 1. The molecule has 20 heavy (non-hydrogen) atoms. The van der Waals surface area contributed by atoms with Gasteiger partial charge < -0.3 is 20.1 Å². The molecule has 1 aliphatic heterocycles. The van der Waals surface area contributed by atoms with E-state index in [0.29, 0.717) is 25.3 Å². The summed E-state index contributed by atoms with van der Waals surface area (Å²) < 4.78 is 5.34. The highest BCUT2D eigenvalue weighted by Gasteiger charge is 2.30. The van der Waals surface area contributed by atoms with Gasteiger partial charge in [-0.25, -0.2) is 0 Å². The van der Waals surface area contributed by atoms with Gasteiger partial charge in [-0.1, -0.05) is 6.07 Å². The van der Waals surface area contributed by atoms with Gasteiger partial charge in [0.1, 0.15) is 11.5 Å². The van der Waals surface area contributed by atoms with E-state index in [0.717, 1.165) is 0 Å². The molecule has 1 fully saturated rings. The van der Waals surface area contributed by atoms with Crippen molar-refractivity contribution in [1.82, 2.24) is 4.90 Å². The van der Waals surface area contributed by atoms with Crippen LogP contribution < -0.4 is 0 Å². The number of aliphatic carboxylic acids is 1. The highest BCUT2D eigenvalue weighted by molar-refractivity contribution is 5.67. The van der Waals surface area contributed by atoms with Gasteiger partial charge in [-0.15, -0.1) is 0 Å². The maximum absolute atomic E-state index is 10.9. The van der Waals surface area contributed by atoms with Crippen molar-refractivity contribution in [2.75, 3.05) is 19.8 Å². The largest absolute Gasteiger partial charge is 0.508 e. The first-order valence-corrected chi connectivity index (χ1v) is 6.56. The molecule has 2 unspecified atom stereocenters. The second-order valence-corrected chi connectivity index (χ2v) is 4.98. The molecule has 1 saturated heterocycles. The number of ether oxygens (including phenoxy) is 1. The standard InChI is InChI=1S/C14H19NO5/c1-9(12-3-2-11(16)7-13(12)17)15-4-5-20-8-10(15)6-14(18)19/h2-3,7,9-10,16-17H,4-6,8H2,1H3,(H,18,19). The van der Waals surface area contributed by atoms with Gasteiger partial charge in [0, 0.05) is 30.3 Å². The van der Waals surface area contributed by atoms with Gasteiger partial charge in [0.05, 0.1) is 19.6 Å². The van der Waals surface area contributed by atoms with Crippen LogP contribution in [-0.4, -0.2) is 52.0 Å². The molecule has 0 amide bonds. The fraction of sp³-hybridized carbons (Fsp3) is 0.500. The first-order chi connectivity index (χ1) is 9.49. The number of phenols is 2. The summed E-state index contributed by atoms with van der Waals surface area (Å²) >= 11 is 0. The van der Waals surface area contributed by atoms with Gasteiger partial charge in [0.2, 0.25) is 0 Å². The van der Waals surface area contributed by atoms with E-state index >= 15 is 0 Å². The Balaban J connectivity index is 2.20. The molecular weight excluding hydrogens is 262 g/mol. The highest BCUT2D eigenvalue weighted by Crippen LogP contribution is 2.33. The van der Waals surface area contributed by atoms with E-state index in [2.05, 4.69) is 0 Å². The number of hydrogen-bond acceptors (Lipinski definition) is 5. The average Bonchev–Trinajstić information content (AvgIpc) is 2.38. The quantitative estimate of drug-likeness (QED) is 0.771. The van der Waals surface area contributed by atoms with Crippen molar-refractivity contribution in [3.8, 4) is 11.5 Å². The summed E-state index contributed by atoms with van der Waals surface area (Å²) in [5.41, 5.74) is 0.667. The van der Waals surface area contributed by atoms with Crippen LogP contribution in [0.25, 0.3) is 0 Å². The van der Waals surface area contributed by atoms with Crippen LogP contribution in [0.1, 0.15) is 24.9 Å². The van der Waals surface area contributed by atoms with Crippen LogP contribution in [0.2, 0.25) is 0 Å². The van der Waals surface area contributed by atoms with Gasteiger partial charge in [0.25, 0.3) is 0 Å². The third-order valence-corrected chi connectivity index (χ3v) is 3.64. The number of rotatable bonds is 4. The molecule has 3 N–H and O–H groups in total. The Morgan fingerprint density at radius 1 is 1.50 bits per heavy atom. The Morgan fingerprint density at radius 2 is 2.25 bits per heavy atom. The van der Waals surface area contributed by atoms with E-state index in [1.165, 1.54) is 12.1 Å². The van der Waals surface area contributed by atoms with Crippen LogP contribution in [0.5, 0.6) is 11.5 Å². The Hall–Kier alpha value is -1.79. The lowest BCUT2D eigenvalue weighted by Crippen LogP contribution is -2.47. The number of carboxylic acid groups (broad SMARTS) is 1. The summed E-state index contributed by atoms with van der Waals surface area (Å²) in [5, 5.41) is 28.2. The summed E-state index contributed by atoms with van der Waals surface area (Å²) in [6, 6.07) is 4.09. The van der Waals surface area contributed by atoms with E-state index in [4.69, 9.17) is 9.84 Å². The van der Waals surface area contributed by atoms with Gasteiger partial charge in [-0.05, 0) is 13.0 Å². The lowest BCUT2D eigenvalue weighted by Gasteiger charge is -2.39. The maximum atomic E-state index is 10.9. The Kier molecular flexibility index (Phi) is 4.46. The topological polar surface area (TPSA) is 90.2 Å². The summed E-state index contributed by atoms with van der Waals surface area (Å²) in [7, 11) is 0. The zero-order chi connectivity index (χ0) is 14.7. The molecule has 6 nitrogen and oxygen atoms in total. The normalized spacial score (nSPS) is 21.6. The highest BCUT2D eigenvalue weighted by atomic mass is 16.5. The van der Waals surface area contributed by atoms with Crippen LogP contribution >= 0.6 is 0 Å². The van der Waals surface area contributed by atoms with Crippen molar-refractivity contribution in [3.63, 3.8) is 0 Å². The fourth-order valence-corrected chi connectivity index (χ4v) is 2.62. The first-order valence-electron chi connectivity index (χ1n) is 6.56. The predicted molar refractivity (Wildman–Crippen MR) is 71.8 cm³/mol. The molecule has 110 valence electrons. The Labute approximate surface area is 117 Å². The van der Waals surface area contributed by atoms with Crippen LogP contribution in [0, 0.1) is 0 Å². The van der Waals surface area contributed by atoms with Crippen molar-refractivity contribution in [1.29, 1.82) is 0 Å². The average molecular weight is 281 g/mol. The number of aromatic hydroxyl groups is 2. The summed E-state index contributed by atoms with van der Waals surface area (Å²) in [5.74, 6) is -0.854. The molecule has 2 rings (SSSR count). The Bertz CT molecular complexity index is 490. The van der Waals surface area contributed by atoms with Crippen LogP contribution in [0.4, 0.5) is 0 Å². The molecule has 0 radical (unpaired) electrons. The molecular formula is C14H19NO5. The zero-order valence-corrected chi connectivity index (χ0v) is 11.3. The fourth-order valence-electron chi connectivity index (χ4n) is 2.62. The lowest BCUT2D eigenvalue weighted by atomic mass is 10.0. The van der Waals surface area contributed by atoms with Crippen molar-refractivity contribution in [2.45, 2.75) is 25.4 Å². The van der Waals surface area contributed by atoms with E-state index in [9.17, 15) is 15.0 Å². The molecule has 1 aromatic rings. The smallest absolute Gasteiger partial charge is 0.305 e. The maximum Gasteiger partial charge on any atom is 0.305 e. The molecule has 0 aliphatic carbocycles. The number of carbonyl (C=O) groups is 1. The van der Waals surface area contributed by atoms with Gasteiger partial charge in [-0.3, -0.25) is 9.69 Å². The third kappa shape index (κ3) is 3.20. The molecule has 0 saturated carbocycles. The third-order valence-electron chi connectivity index (χ3n) is 3.64. The molecule has 1 aromatic carbocycles. The minimum Gasteiger partial charge on any atom is -0.508 e. The number of morpholine rings is 1. The molecule has 2 atom stereocenters. The molecule has 6 heteroatoms. The first kappa shape index (κ1) is 14.6. The molecule has 0 aromatic heterocycles. The monoisotopic (exact) mass is 281 g/mol. The van der Waals surface area contributed by atoms with E-state index in [-0.39, 0.29) is 30.0 Å². The predicted octanol–water partition coefficient (Wildman–Crippen LogP) is 1.33. The van der Waals surface area contributed by atoms with E-state index in [1.54, 1.807) is 6.07 Å². The SMILES string of the molecule is CC(c1ccc(O)cc1O)N1CCOCC1CC(=O)O. The number of benzene rings is 1. The molecule has 1 heterocycles. The van der Waals surface area contributed by atoms with Crippen LogP contribution in [-0.2, 0) is 9.53 Å². The molecule has 0 spiro atoms. The Morgan fingerprint density at radius 3 is 2.90 bits per heavy atom.